The second kappa shape index (κ2) is 10.7. The number of aromatic nitrogens is 4. The molecule has 0 bridgehead atoms. The topological polar surface area (TPSA) is 102 Å². The first-order valence-corrected chi connectivity index (χ1v) is 12.4. The molecule has 1 fully saturated rings. The van der Waals surface area contributed by atoms with Crippen LogP contribution in [0.5, 0.6) is 5.75 Å². The fourth-order valence-corrected chi connectivity index (χ4v) is 4.68. The summed E-state index contributed by atoms with van der Waals surface area (Å²) < 4.78 is 6.90. The van der Waals surface area contributed by atoms with Crippen molar-refractivity contribution in [3.8, 4) is 11.4 Å². The average Bonchev–Trinajstić information content (AvgIpc) is 3.47. The molecule has 2 aromatic carbocycles. The van der Waals surface area contributed by atoms with Crippen molar-refractivity contribution in [2.24, 2.45) is 5.92 Å². The van der Waals surface area contributed by atoms with Gasteiger partial charge in [0, 0.05) is 18.7 Å². The number of nitrogens with one attached hydrogen (secondary N) is 1. The number of amides is 2. The maximum absolute atomic E-state index is 13.4. The maximum Gasteiger partial charge on any atom is 0.230 e. The predicted molar refractivity (Wildman–Crippen MR) is 130 cm³/mol. The molecule has 1 aromatic heterocycles. The van der Waals surface area contributed by atoms with Crippen molar-refractivity contribution in [3.05, 3.63) is 54.1 Å². The smallest absolute Gasteiger partial charge is 0.230 e. The van der Waals surface area contributed by atoms with Gasteiger partial charge in [0.1, 0.15) is 5.75 Å². The van der Waals surface area contributed by atoms with Gasteiger partial charge in [-0.15, -0.1) is 5.10 Å². The zero-order valence-electron chi connectivity index (χ0n) is 19.5. The maximum atomic E-state index is 13.4. The summed E-state index contributed by atoms with van der Waals surface area (Å²) in [5.41, 5.74) is 2.29. The predicted octanol–water partition coefficient (Wildman–Crippen LogP) is 3.72. The number of carbonyl (C=O) groups excluding carboxylic acids is 2. The zero-order valence-corrected chi connectivity index (χ0v) is 20.3. The number of nitrogens with zero attached hydrogens (tertiary/aromatic N) is 5. The molecule has 3 aromatic rings. The number of likely N-dealkylation sites (tertiary alicyclic amines) is 1. The molecule has 0 saturated carbocycles. The third kappa shape index (κ3) is 4.91. The molecule has 2 amide bonds. The van der Waals surface area contributed by atoms with Crippen LogP contribution >= 0.6 is 11.8 Å². The number of benzene rings is 2. The number of rotatable bonds is 9. The van der Waals surface area contributed by atoms with Crippen LogP contribution in [-0.2, 0) is 9.59 Å². The van der Waals surface area contributed by atoms with Gasteiger partial charge in [0.2, 0.25) is 17.0 Å². The van der Waals surface area contributed by atoms with Crippen LogP contribution < -0.4 is 10.1 Å². The number of hydrogen-bond donors (Lipinski definition) is 1. The summed E-state index contributed by atoms with van der Waals surface area (Å²) in [7, 11) is 1.61. The van der Waals surface area contributed by atoms with E-state index in [2.05, 4.69) is 27.8 Å². The van der Waals surface area contributed by atoms with Crippen LogP contribution in [0.25, 0.3) is 5.69 Å². The molecule has 1 saturated heterocycles. The lowest BCUT2D eigenvalue weighted by molar-refractivity contribution is -0.129. The summed E-state index contributed by atoms with van der Waals surface area (Å²) in [5, 5.41) is 15.4. The minimum atomic E-state index is -0.504. The normalized spacial score (nSPS) is 17.7. The third-order valence-corrected chi connectivity index (χ3v) is 6.58. The molecule has 1 aliphatic heterocycles. The minimum Gasteiger partial charge on any atom is -0.497 e. The third-order valence-electron chi connectivity index (χ3n) is 5.96. The summed E-state index contributed by atoms with van der Waals surface area (Å²) in [4.78, 5) is 28.2. The highest BCUT2D eigenvalue weighted by Gasteiger charge is 2.44. The average molecular weight is 481 g/mol. The Morgan fingerprint density at radius 1 is 1.24 bits per heavy atom. The number of methoxy groups -OCH3 is 1. The van der Waals surface area contributed by atoms with E-state index in [0.29, 0.717) is 17.4 Å². The molecule has 2 heterocycles. The molecular weight excluding hydrogens is 452 g/mol. The fourth-order valence-electron chi connectivity index (χ4n) is 4.25. The van der Waals surface area contributed by atoms with Gasteiger partial charge < -0.3 is 15.0 Å². The Bertz CT molecular complexity index is 1150. The zero-order chi connectivity index (χ0) is 24.1. The van der Waals surface area contributed by atoms with E-state index >= 15 is 0 Å². The molecule has 0 spiro atoms. The van der Waals surface area contributed by atoms with Crippen LogP contribution in [0.15, 0.2) is 53.7 Å². The van der Waals surface area contributed by atoms with Crippen LogP contribution in [0.1, 0.15) is 37.8 Å². The Hall–Kier alpha value is -3.40. The molecule has 178 valence electrons. The number of thioether (sulfide) groups is 1. The first kappa shape index (κ1) is 23.7. The van der Waals surface area contributed by atoms with Gasteiger partial charge in [-0.05, 0) is 59.0 Å². The summed E-state index contributed by atoms with van der Waals surface area (Å²) in [5.74, 6) is 0.0445. The second-order valence-corrected chi connectivity index (χ2v) is 8.86. The molecule has 10 heteroatoms. The monoisotopic (exact) mass is 480 g/mol. The largest absolute Gasteiger partial charge is 0.497 e. The van der Waals surface area contributed by atoms with Crippen molar-refractivity contribution in [2.75, 3.05) is 25.2 Å². The first-order valence-electron chi connectivity index (χ1n) is 11.2. The lowest BCUT2D eigenvalue weighted by Gasteiger charge is -2.28. The Kier molecular flexibility index (Phi) is 7.46. The number of carbonyl (C=O) groups is 2. The number of tetrazole rings is 1. The van der Waals surface area contributed by atoms with Crippen LogP contribution in [0.4, 0.5) is 5.69 Å². The Morgan fingerprint density at radius 2 is 2.03 bits per heavy atom. The van der Waals surface area contributed by atoms with Gasteiger partial charge in [-0.25, -0.2) is 0 Å². The highest BCUT2D eigenvalue weighted by Crippen LogP contribution is 2.39. The highest BCUT2D eigenvalue weighted by molar-refractivity contribution is 7.98. The molecule has 34 heavy (non-hydrogen) atoms. The second-order valence-electron chi connectivity index (χ2n) is 8.09. The van der Waals surface area contributed by atoms with E-state index in [4.69, 9.17) is 4.74 Å². The quantitative estimate of drug-likeness (QED) is 0.466. The van der Waals surface area contributed by atoms with Crippen molar-refractivity contribution < 1.29 is 14.3 Å². The Balaban J connectivity index is 1.59. The summed E-state index contributed by atoms with van der Waals surface area (Å²) in [6.07, 6.45) is 3.93. The number of ether oxygens (including phenoxy) is 1. The molecule has 4 rings (SSSR count). The van der Waals surface area contributed by atoms with E-state index in [1.807, 2.05) is 59.7 Å². The van der Waals surface area contributed by atoms with E-state index in [-0.39, 0.29) is 24.3 Å². The summed E-state index contributed by atoms with van der Waals surface area (Å²) in [6, 6.07) is 14.6. The lowest BCUT2D eigenvalue weighted by Crippen LogP contribution is -2.33. The van der Waals surface area contributed by atoms with Gasteiger partial charge in [0.25, 0.3) is 0 Å². The number of anilines is 1. The summed E-state index contributed by atoms with van der Waals surface area (Å²) in [6.45, 7) is 2.72. The van der Waals surface area contributed by atoms with Crippen molar-refractivity contribution in [1.82, 2.24) is 25.1 Å². The molecule has 0 radical (unpaired) electrons. The van der Waals surface area contributed by atoms with E-state index in [1.165, 1.54) is 11.8 Å². The lowest BCUT2D eigenvalue weighted by atomic mass is 9.92. The molecule has 1 N–H and O–H groups in total. The standard InChI is InChI=1S/C24H28N6O3S/c1-4-5-13-29-21(31)15-20(22(29)16-9-11-19(33-2)12-10-16)23(32)25-17-7-6-8-18(14-17)30-24(34-3)26-27-28-30/h6-12,14,20,22H,4-5,13,15H2,1-3H3,(H,25,32). The van der Waals surface area contributed by atoms with E-state index < -0.39 is 5.92 Å². The van der Waals surface area contributed by atoms with Gasteiger partial charge in [0.05, 0.1) is 24.8 Å². The van der Waals surface area contributed by atoms with Crippen molar-refractivity contribution in [1.29, 1.82) is 0 Å². The first-order chi connectivity index (χ1) is 16.5. The van der Waals surface area contributed by atoms with Gasteiger partial charge in [0.15, 0.2) is 0 Å². The van der Waals surface area contributed by atoms with Crippen molar-refractivity contribution in [2.45, 2.75) is 37.4 Å². The number of unbranched alkanes of at least 4 members (excludes halogenated alkanes) is 1. The minimum absolute atomic E-state index is 0.00136. The molecule has 9 nitrogen and oxygen atoms in total. The van der Waals surface area contributed by atoms with Gasteiger partial charge in [-0.2, -0.15) is 4.68 Å². The van der Waals surface area contributed by atoms with Crippen molar-refractivity contribution >= 4 is 29.3 Å². The van der Waals surface area contributed by atoms with E-state index in [9.17, 15) is 9.59 Å². The molecular formula is C24H28N6O3S. The van der Waals surface area contributed by atoms with Crippen LogP contribution in [0.3, 0.4) is 0 Å². The van der Waals surface area contributed by atoms with Crippen LogP contribution in [-0.4, -0.2) is 56.8 Å². The van der Waals surface area contributed by atoms with Crippen LogP contribution in [0.2, 0.25) is 0 Å². The highest BCUT2D eigenvalue weighted by atomic mass is 32.2. The van der Waals surface area contributed by atoms with Crippen LogP contribution in [0, 0.1) is 5.92 Å². The SMILES string of the molecule is CCCCN1C(=O)CC(C(=O)Nc2cccc(-n3nnnc3SC)c2)C1c1ccc(OC)cc1. The summed E-state index contributed by atoms with van der Waals surface area (Å²) >= 11 is 1.43. The van der Waals surface area contributed by atoms with E-state index in [1.54, 1.807) is 11.8 Å². The number of hydrogen-bond acceptors (Lipinski definition) is 7. The van der Waals surface area contributed by atoms with Gasteiger partial charge >= 0.3 is 0 Å². The van der Waals surface area contributed by atoms with Crippen molar-refractivity contribution in [3.63, 3.8) is 0 Å². The Labute approximate surface area is 202 Å². The molecule has 0 aliphatic carbocycles. The Morgan fingerprint density at radius 3 is 2.74 bits per heavy atom. The molecule has 2 unspecified atom stereocenters. The molecule has 2 atom stereocenters. The van der Waals surface area contributed by atoms with Gasteiger partial charge in [-0.3, -0.25) is 9.59 Å². The van der Waals surface area contributed by atoms with Gasteiger partial charge in [-0.1, -0.05) is 43.3 Å². The fraction of sp³-hybridized carbons (Fsp3) is 0.375. The van der Waals surface area contributed by atoms with E-state index in [0.717, 1.165) is 29.8 Å². The molecule has 1 aliphatic rings.